The van der Waals surface area contributed by atoms with Gasteiger partial charge in [0.2, 0.25) is 5.28 Å². The van der Waals surface area contributed by atoms with Crippen LogP contribution in [0, 0.1) is 5.82 Å². The first-order valence-electron chi connectivity index (χ1n) is 8.91. The predicted molar refractivity (Wildman–Crippen MR) is 102 cm³/mol. The van der Waals surface area contributed by atoms with E-state index in [9.17, 15) is 17.6 Å². The van der Waals surface area contributed by atoms with Crippen LogP contribution in [0.5, 0.6) is 0 Å². The van der Waals surface area contributed by atoms with Crippen molar-refractivity contribution in [3.63, 3.8) is 0 Å². The van der Waals surface area contributed by atoms with E-state index in [0.29, 0.717) is 16.7 Å². The number of fused-ring (bicyclic) bond motifs is 1. The molecule has 6 nitrogen and oxygen atoms in total. The number of aromatic nitrogens is 6. The van der Waals surface area contributed by atoms with Crippen molar-refractivity contribution in [2.75, 3.05) is 0 Å². The van der Waals surface area contributed by atoms with Gasteiger partial charge in [-0.15, -0.1) is 0 Å². The van der Waals surface area contributed by atoms with Gasteiger partial charge in [0.25, 0.3) is 0 Å². The molecule has 0 radical (unpaired) electrons. The zero-order valence-electron chi connectivity index (χ0n) is 15.8. The Morgan fingerprint density at radius 3 is 2.57 bits per heavy atom. The minimum Gasteiger partial charge on any atom is -0.328 e. The summed E-state index contributed by atoms with van der Waals surface area (Å²) >= 11 is 5.83. The van der Waals surface area contributed by atoms with E-state index in [0.717, 1.165) is 6.20 Å². The summed E-state index contributed by atoms with van der Waals surface area (Å²) in [5.41, 5.74) is 0.531. The molecule has 156 valence electrons. The molecule has 0 atom stereocenters. The Hall–Kier alpha value is -3.01. The van der Waals surface area contributed by atoms with Gasteiger partial charge in [-0.3, -0.25) is 0 Å². The van der Waals surface area contributed by atoms with Crippen LogP contribution in [0.2, 0.25) is 5.28 Å². The molecule has 0 saturated carbocycles. The van der Waals surface area contributed by atoms with Crippen LogP contribution in [0.3, 0.4) is 0 Å². The summed E-state index contributed by atoms with van der Waals surface area (Å²) in [6, 6.07) is 3.98. The fourth-order valence-corrected chi connectivity index (χ4v) is 3.24. The molecule has 0 N–H and O–H groups in total. The zero-order chi connectivity index (χ0) is 21.6. The molecule has 0 aliphatic rings. The van der Waals surface area contributed by atoms with Gasteiger partial charge in [0, 0.05) is 12.2 Å². The number of hydrogen-bond acceptors (Lipinski definition) is 4. The van der Waals surface area contributed by atoms with E-state index in [1.165, 1.54) is 29.2 Å². The lowest BCUT2D eigenvalue weighted by Gasteiger charge is -2.12. The Morgan fingerprint density at radius 1 is 1.13 bits per heavy atom. The smallest absolute Gasteiger partial charge is 0.328 e. The third-order valence-electron chi connectivity index (χ3n) is 4.54. The van der Waals surface area contributed by atoms with E-state index in [4.69, 9.17) is 11.6 Å². The Morgan fingerprint density at radius 2 is 1.90 bits per heavy atom. The second-order valence-electron chi connectivity index (χ2n) is 6.98. The van der Waals surface area contributed by atoms with Crippen LogP contribution >= 0.6 is 11.6 Å². The predicted octanol–water partition coefficient (Wildman–Crippen LogP) is 5.13. The zero-order valence-corrected chi connectivity index (χ0v) is 16.6. The van der Waals surface area contributed by atoms with Crippen molar-refractivity contribution >= 4 is 22.8 Å². The number of nitrogens with zero attached hydrogens (tertiary/aromatic N) is 6. The highest BCUT2D eigenvalue weighted by atomic mass is 35.5. The van der Waals surface area contributed by atoms with Gasteiger partial charge in [-0.1, -0.05) is 6.07 Å². The van der Waals surface area contributed by atoms with E-state index >= 15 is 0 Å². The standard InChI is InChI=1S/C19H15ClF4N6/c1-10(2)30-8-15(19(22,23)24)27-16(30)12-4-3-11(5-13(12)21)7-29-9-26-14-6-25-18(20)28-17(14)29/h3-6,8-10H,7H2,1-2H3. The van der Waals surface area contributed by atoms with Gasteiger partial charge in [0.1, 0.15) is 17.2 Å². The van der Waals surface area contributed by atoms with Crippen molar-refractivity contribution in [2.24, 2.45) is 0 Å². The van der Waals surface area contributed by atoms with Crippen molar-refractivity contribution in [2.45, 2.75) is 32.6 Å². The van der Waals surface area contributed by atoms with Crippen molar-refractivity contribution in [1.29, 1.82) is 0 Å². The molecule has 0 fully saturated rings. The molecule has 0 unspecified atom stereocenters. The first-order chi connectivity index (χ1) is 14.1. The molecule has 4 aromatic rings. The van der Waals surface area contributed by atoms with Gasteiger partial charge in [-0.05, 0) is 43.1 Å². The average molecular weight is 439 g/mol. The van der Waals surface area contributed by atoms with Crippen LogP contribution < -0.4 is 0 Å². The number of halogens is 5. The Bertz CT molecular complexity index is 1230. The maximum Gasteiger partial charge on any atom is 0.434 e. The van der Waals surface area contributed by atoms with Gasteiger partial charge in [0.15, 0.2) is 11.3 Å². The molecule has 1 aromatic carbocycles. The van der Waals surface area contributed by atoms with Crippen LogP contribution in [0.25, 0.3) is 22.6 Å². The maximum atomic E-state index is 14.9. The normalized spacial score (nSPS) is 12.3. The van der Waals surface area contributed by atoms with Crippen LogP contribution in [-0.2, 0) is 12.7 Å². The van der Waals surface area contributed by atoms with Gasteiger partial charge >= 0.3 is 6.18 Å². The van der Waals surface area contributed by atoms with E-state index < -0.39 is 17.7 Å². The summed E-state index contributed by atoms with van der Waals surface area (Å²) < 4.78 is 57.2. The quantitative estimate of drug-likeness (QED) is 0.327. The van der Waals surface area contributed by atoms with Crippen LogP contribution in [0.1, 0.15) is 31.1 Å². The monoisotopic (exact) mass is 438 g/mol. The molecule has 0 amide bonds. The van der Waals surface area contributed by atoms with Gasteiger partial charge < -0.3 is 9.13 Å². The highest BCUT2D eigenvalue weighted by Gasteiger charge is 2.35. The second-order valence-corrected chi connectivity index (χ2v) is 7.32. The number of hydrogen-bond donors (Lipinski definition) is 0. The minimum absolute atomic E-state index is 0.0104. The Kier molecular flexibility index (Phi) is 4.97. The largest absolute Gasteiger partial charge is 0.434 e. The summed E-state index contributed by atoms with van der Waals surface area (Å²) in [6.07, 6.45) is -0.706. The number of alkyl halides is 3. The SMILES string of the molecule is CC(C)n1cc(C(F)(F)F)nc1-c1ccc(Cn2cnc3cnc(Cl)nc32)cc1F. The third kappa shape index (κ3) is 3.74. The average Bonchev–Trinajstić information content (AvgIpc) is 3.27. The van der Waals surface area contributed by atoms with E-state index in [1.54, 1.807) is 24.5 Å². The molecule has 0 aliphatic heterocycles. The number of benzene rings is 1. The van der Waals surface area contributed by atoms with E-state index in [1.807, 2.05) is 0 Å². The molecule has 3 heterocycles. The lowest BCUT2D eigenvalue weighted by molar-refractivity contribution is -0.140. The van der Waals surface area contributed by atoms with Crippen molar-refractivity contribution < 1.29 is 17.6 Å². The van der Waals surface area contributed by atoms with Crippen molar-refractivity contribution in [1.82, 2.24) is 29.1 Å². The molecule has 0 spiro atoms. The minimum atomic E-state index is -4.61. The summed E-state index contributed by atoms with van der Waals surface area (Å²) in [4.78, 5) is 15.8. The molecule has 30 heavy (non-hydrogen) atoms. The third-order valence-corrected chi connectivity index (χ3v) is 4.72. The van der Waals surface area contributed by atoms with Gasteiger partial charge in [-0.2, -0.15) is 18.2 Å². The first-order valence-corrected chi connectivity index (χ1v) is 9.29. The fraction of sp³-hybridized carbons (Fsp3) is 0.263. The second kappa shape index (κ2) is 7.35. The molecule has 0 aliphatic carbocycles. The first kappa shape index (κ1) is 20.3. The summed E-state index contributed by atoms with van der Waals surface area (Å²) in [5.74, 6) is -0.750. The van der Waals surface area contributed by atoms with Crippen LogP contribution in [0.15, 0.2) is 36.9 Å². The van der Waals surface area contributed by atoms with Crippen LogP contribution in [-0.4, -0.2) is 29.1 Å². The molecular weight excluding hydrogens is 424 g/mol. The molecular formula is C19H15ClF4N6. The molecule has 4 rings (SSSR count). The number of imidazole rings is 2. The summed E-state index contributed by atoms with van der Waals surface area (Å²) in [6.45, 7) is 3.65. The van der Waals surface area contributed by atoms with Crippen LogP contribution in [0.4, 0.5) is 17.6 Å². The topological polar surface area (TPSA) is 61.4 Å². The Balaban J connectivity index is 1.70. The highest BCUT2D eigenvalue weighted by Crippen LogP contribution is 2.33. The fourth-order valence-electron chi connectivity index (χ4n) is 3.11. The number of rotatable bonds is 4. The highest BCUT2D eigenvalue weighted by molar-refractivity contribution is 6.28. The lowest BCUT2D eigenvalue weighted by atomic mass is 10.1. The lowest BCUT2D eigenvalue weighted by Crippen LogP contribution is -2.05. The molecule has 0 saturated heterocycles. The maximum absolute atomic E-state index is 14.9. The Labute approximate surface area is 173 Å². The molecule has 0 bridgehead atoms. The molecule has 3 aromatic heterocycles. The summed E-state index contributed by atoms with van der Waals surface area (Å²) in [5, 5.41) is 0.0618. The van der Waals surface area contributed by atoms with E-state index in [-0.39, 0.29) is 29.3 Å². The van der Waals surface area contributed by atoms with Gasteiger partial charge in [-0.25, -0.2) is 19.3 Å². The van der Waals surface area contributed by atoms with Crippen molar-refractivity contribution in [3.05, 3.63) is 59.3 Å². The van der Waals surface area contributed by atoms with Gasteiger partial charge in [0.05, 0.1) is 24.6 Å². The van der Waals surface area contributed by atoms with E-state index in [2.05, 4.69) is 19.9 Å². The molecule has 11 heteroatoms. The van der Waals surface area contributed by atoms with Crippen molar-refractivity contribution in [3.8, 4) is 11.4 Å². The summed E-state index contributed by atoms with van der Waals surface area (Å²) in [7, 11) is 0.